The summed E-state index contributed by atoms with van der Waals surface area (Å²) in [6.45, 7) is 5.64. The van der Waals surface area contributed by atoms with Crippen molar-refractivity contribution in [3.8, 4) is 33.8 Å². The second-order valence-corrected chi connectivity index (χ2v) is 8.85. The molecule has 4 heterocycles. The van der Waals surface area contributed by atoms with Gasteiger partial charge in [-0.25, -0.2) is 14.4 Å². The molecule has 0 spiro atoms. The standard InChI is InChI=1S/C28H24FN7/c1-3-30-13-17-10-20(15-31-14-17)18-4-5-24-23(12-18)26(36-35-24)28-33-25-22(6-7-32-27(25)34-28)19-8-16(2)9-21(29)11-19/h4-12,14-15,30H,3,13H2,1-2H3,(H,35,36)(H,32,33,34). The van der Waals surface area contributed by atoms with E-state index in [1.807, 2.05) is 37.5 Å². The van der Waals surface area contributed by atoms with E-state index in [9.17, 15) is 4.39 Å². The van der Waals surface area contributed by atoms with Gasteiger partial charge in [-0.05, 0) is 72.1 Å². The Kier molecular flexibility index (Phi) is 5.50. The number of hydrogen-bond donors (Lipinski definition) is 3. The van der Waals surface area contributed by atoms with E-state index < -0.39 is 0 Å². The molecule has 2 aromatic carbocycles. The first kappa shape index (κ1) is 22.1. The number of fused-ring (bicyclic) bond motifs is 2. The lowest BCUT2D eigenvalue weighted by Gasteiger charge is -2.06. The Morgan fingerprint density at radius 2 is 1.89 bits per heavy atom. The molecule has 0 bridgehead atoms. The molecule has 36 heavy (non-hydrogen) atoms. The quantitative estimate of drug-likeness (QED) is 0.282. The van der Waals surface area contributed by atoms with Crippen LogP contribution in [-0.4, -0.2) is 36.7 Å². The molecule has 0 aliphatic heterocycles. The highest BCUT2D eigenvalue weighted by atomic mass is 19.1. The molecule has 178 valence electrons. The molecule has 0 saturated carbocycles. The van der Waals surface area contributed by atoms with E-state index in [0.29, 0.717) is 17.2 Å². The van der Waals surface area contributed by atoms with Crippen molar-refractivity contribution in [2.75, 3.05) is 6.54 Å². The summed E-state index contributed by atoms with van der Waals surface area (Å²) >= 11 is 0. The fourth-order valence-electron chi connectivity index (χ4n) is 4.54. The van der Waals surface area contributed by atoms with Crippen LogP contribution >= 0.6 is 0 Å². The van der Waals surface area contributed by atoms with Crippen molar-refractivity contribution in [2.24, 2.45) is 0 Å². The van der Waals surface area contributed by atoms with Crippen LogP contribution in [0.5, 0.6) is 0 Å². The van der Waals surface area contributed by atoms with Crippen LogP contribution in [0.2, 0.25) is 0 Å². The average Bonchev–Trinajstić information content (AvgIpc) is 3.50. The topological polar surface area (TPSA) is 95.2 Å². The minimum atomic E-state index is -0.274. The number of pyridine rings is 2. The highest BCUT2D eigenvalue weighted by Gasteiger charge is 2.17. The van der Waals surface area contributed by atoms with Crippen molar-refractivity contribution in [1.82, 2.24) is 35.5 Å². The average molecular weight is 478 g/mol. The maximum Gasteiger partial charge on any atom is 0.178 e. The van der Waals surface area contributed by atoms with E-state index in [0.717, 1.165) is 62.9 Å². The molecule has 0 atom stereocenters. The Hall–Kier alpha value is -4.43. The van der Waals surface area contributed by atoms with Crippen LogP contribution in [0.15, 0.2) is 67.1 Å². The molecule has 0 fully saturated rings. The van der Waals surface area contributed by atoms with Crippen LogP contribution in [0, 0.1) is 12.7 Å². The molecular formula is C28H24FN7. The number of halogens is 1. The third-order valence-electron chi connectivity index (χ3n) is 6.24. The van der Waals surface area contributed by atoms with Gasteiger partial charge in [0, 0.05) is 41.6 Å². The van der Waals surface area contributed by atoms with Crippen LogP contribution < -0.4 is 5.32 Å². The predicted molar refractivity (Wildman–Crippen MR) is 140 cm³/mol. The van der Waals surface area contributed by atoms with E-state index in [4.69, 9.17) is 4.98 Å². The van der Waals surface area contributed by atoms with Crippen molar-refractivity contribution in [3.63, 3.8) is 0 Å². The van der Waals surface area contributed by atoms with E-state index in [2.05, 4.69) is 55.6 Å². The molecular weight excluding hydrogens is 453 g/mol. The summed E-state index contributed by atoms with van der Waals surface area (Å²) in [6, 6.07) is 15.2. The molecule has 0 radical (unpaired) electrons. The monoisotopic (exact) mass is 477 g/mol. The number of aryl methyl sites for hydroxylation is 1. The zero-order chi connectivity index (χ0) is 24.6. The number of imidazole rings is 1. The van der Waals surface area contributed by atoms with Gasteiger partial charge in [-0.2, -0.15) is 5.10 Å². The first-order valence-corrected chi connectivity index (χ1v) is 11.8. The second kappa shape index (κ2) is 8.98. The van der Waals surface area contributed by atoms with E-state index >= 15 is 0 Å². The largest absolute Gasteiger partial charge is 0.335 e. The fourth-order valence-corrected chi connectivity index (χ4v) is 4.54. The van der Waals surface area contributed by atoms with Crippen LogP contribution in [0.3, 0.4) is 0 Å². The molecule has 0 saturated heterocycles. The molecule has 0 aliphatic rings. The van der Waals surface area contributed by atoms with Crippen molar-refractivity contribution in [1.29, 1.82) is 0 Å². The smallest absolute Gasteiger partial charge is 0.178 e. The molecule has 3 N–H and O–H groups in total. The first-order valence-electron chi connectivity index (χ1n) is 11.8. The molecule has 7 nitrogen and oxygen atoms in total. The van der Waals surface area contributed by atoms with Gasteiger partial charge in [0.2, 0.25) is 0 Å². The van der Waals surface area contributed by atoms with Gasteiger partial charge in [0.25, 0.3) is 0 Å². The van der Waals surface area contributed by atoms with E-state index in [1.165, 1.54) is 12.1 Å². The van der Waals surface area contributed by atoms with Crippen molar-refractivity contribution in [3.05, 3.63) is 84.1 Å². The molecule has 8 heteroatoms. The first-order chi connectivity index (χ1) is 17.6. The molecule has 4 aromatic heterocycles. The minimum absolute atomic E-state index is 0.274. The number of aromatic nitrogens is 6. The van der Waals surface area contributed by atoms with Gasteiger partial charge in [-0.3, -0.25) is 10.1 Å². The lowest BCUT2D eigenvalue weighted by molar-refractivity contribution is 0.627. The maximum atomic E-state index is 14.1. The van der Waals surface area contributed by atoms with Crippen LogP contribution in [0.4, 0.5) is 4.39 Å². The van der Waals surface area contributed by atoms with Crippen molar-refractivity contribution < 1.29 is 4.39 Å². The molecule has 0 amide bonds. The molecule has 0 unspecified atom stereocenters. The van der Waals surface area contributed by atoms with Gasteiger partial charge in [0.1, 0.15) is 11.5 Å². The Morgan fingerprint density at radius 1 is 0.972 bits per heavy atom. The third-order valence-corrected chi connectivity index (χ3v) is 6.24. The summed E-state index contributed by atoms with van der Waals surface area (Å²) in [7, 11) is 0. The SMILES string of the molecule is CCNCc1cncc(-c2ccc3[nH]nc(-c4nc5nccc(-c6cc(C)cc(F)c6)c5[nH]4)c3c2)c1. The summed E-state index contributed by atoms with van der Waals surface area (Å²) in [5.41, 5.74) is 8.57. The van der Waals surface area contributed by atoms with Crippen LogP contribution in [-0.2, 0) is 6.54 Å². The predicted octanol–water partition coefficient (Wildman–Crippen LogP) is 5.79. The molecule has 6 rings (SSSR count). The highest BCUT2D eigenvalue weighted by Crippen LogP contribution is 2.33. The van der Waals surface area contributed by atoms with Crippen LogP contribution in [0.1, 0.15) is 18.1 Å². The summed E-state index contributed by atoms with van der Waals surface area (Å²) in [5.74, 6) is 0.324. The Balaban J connectivity index is 1.44. The number of benzene rings is 2. The Labute approximate surface area is 206 Å². The van der Waals surface area contributed by atoms with Crippen molar-refractivity contribution >= 4 is 22.1 Å². The second-order valence-electron chi connectivity index (χ2n) is 8.85. The van der Waals surface area contributed by atoms with E-state index in [-0.39, 0.29) is 5.82 Å². The molecule has 6 aromatic rings. The van der Waals surface area contributed by atoms with E-state index in [1.54, 1.807) is 6.20 Å². The third kappa shape index (κ3) is 4.01. The Bertz CT molecular complexity index is 1700. The summed E-state index contributed by atoms with van der Waals surface area (Å²) in [5, 5.41) is 11.9. The maximum absolute atomic E-state index is 14.1. The fraction of sp³-hybridized carbons (Fsp3) is 0.143. The number of nitrogens with one attached hydrogen (secondary N) is 3. The Morgan fingerprint density at radius 3 is 2.75 bits per heavy atom. The zero-order valence-electron chi connectivity index (χ0n) is 19.9. The number of nitrogens with zero attached hydrogens (tertiary/aromatic N) is 4. The number of rotatable bonds is 6. The highest BCUT2D eigenvalue weighted by molar-refractivity contribution is 5.97. The minimum Gasteiger partial charge on any atom is -0.335 e. The van der Waals surface area contributed by atoms with Crippen LogP contribution in [0.25, 0.3) is 55.8 Å². The van der Waals surface area contributed by atoms with Gasteiger partial charge in [0.05, 0.1) is 11.0 Å². The van der Waals surface area contributed by atoms with Gasteiger partial charge >= 0.3 is 0 Å². The lowest BCUT2D eigenvalue weighted by Crippen LogP contribution is -2.11. The number of hydrogen-bond acceptors (Lipinski definition) is 5. The summed E-state index contributed by atoms with van der Waals surface area (Å²) in [6.07, 6.45) is 5.44. The summed E-state index contributed by atoms with van der Waals surface area (Å²) < 4.78 is 14.1. The van der Waals surface area contributed by atoms with Gasteiger partial charge in [-0.1, -0.05) is 19.1 Å². The molecule has 0 aliphatic carbocycles. The van der Waals surface area contributed by atoms with Gasteiger partial charge in [-0.15, -0.1) is 0 Å². The normalized spacial score (nSPS) is 11.5. The number of aromatic amines is 2. The summed E-state index contributed by atoms with van der Waals surface area (Å²) in [4.78, 5) is 17.0. The van der Waals surface area contributed by atoms with Crippen molar-refractivity contribution in [2.45, 2.75) is 20.4 Å². The van der Waals surface area contributed by atoms with Gasteiger partial charge < -0.3 is 10.3 Å². The zero-order valence-corrected chi connectivity index (χ0v) is 19.9. The van der Waals surface area contributed by atoms with Gasteiger partial charge in [0.15, 0.2) is 11.5 Å². The lowest BCUT2D eigenvalue weighted by atomic mass is 10.0. The number of H-pyrrole nitrogens is 2.